The zero-order valence-electron chi connectivity index (χ0n) is 30.5. The van der Waals surface area contributed by atoms with Crippen molar-refractivity contribution < 1.29 is 50.2 Å². The van der Waals surface area contributed by atoms with Crippen molar-refractivity contribution in [3.8, 4) is 0 Å². The lowest BCUT2D eigenvalue weighted by Crippen LogP contribution is -2.58. The highest BCUT2D eigenvalue weighted by Crippen LogP contribution is 2.46. The minimum atomic E-state index is -4.28. The highest BCUT2D eigenvalue weighted by Gasteiger charge is 2.62. The lowest BCUT2D eigenvalue weighted by Gasteiger charge is -2.32. The summed E-state index contributed by atoms with van der Waals surface area (Å²) in [6.07, 6.45) is 0.300. The van der Waals surface area contributed by atoms with E-state index in [9.17, 15) is 32.0 Å². The highest BCUT2D eigenvalue weighted by molar-refractivity contribution is 7.87. The maximum Gasteiger partial charge on any atom is 0.309 e. The molecule has 0 bridgehead atoms. The van der Waals surface area contributed by atoms with E-state index in [1.54, 1.807) is 32.9 Å². The summed E-state index contributed by atoms with van der Waals surface area (Å²) in [5, 5.41) is 5.48. The number of hydrogen-bond acceptors (Lipinski definition) is 9. The second kappa shape index (κ2) is 15.0. The number of carbonyl (C=O) groups is 4. The topological polar surface area (TPSA) is 163 Å². The fourth-order valence-corrected chi connectivity index (χ4v) is 7.68. The number of hydrogen-bond donors (Lipinski definition) is 3. The number of rotatable bonds is 8. The maximum atomic E-state index is 15.2. The summed E-state index contributed by atoms with van der Waals surface area (Å²) in [7, 11) is -1.86. The Hall–Kier alpha value is -4.12. The van der Waals surface area contributed by atoms with Crippen LogP contribution in [0.4, 0.5) is 13.2 Å². The quantitative estimate of drug-likeness (QED) is 0.205. The predicted octanol–water partition coefficient (Wildman–Crippen LogP) is 2.86. The summed E-state index contributed by atoms with van der Waals surface area (Å²) in [5.41, 5.74) is -1.43. The number of ether oxygens (including phenoxy) is 2. The number of halogens is 3. The van der Waals surface area contributed by atoms with Gasteiger partial charge in [-0.1, -0.05) is 24.3 Å². The Labute approximate surface area is 307 Å². The predicted molar refractivity (Wildman–Crippen MR) is 186 cm³/mol. The normalized spacial score (nSPS) is 29.4. The molecule has 3 amide bonds. The first-order valence-electron chi connectivity index (χ1n) is 17.6. The summed E-state index contributed by atoms with van der Waals surface area (Å²) in [6.45, 7) is 8.71. The summed E-state index contributed by atoms with van der Waals surface area (Å²) in [6, 6.07) is 1.89. The molecule has 0 radical (unpaired) electrons. The Morgan fingerprint density at radius 3 is 2.51 bits per heavy atom. The van der Waals surface area contributed by atoms with Gasteiger partial charge in [0.25, 0.3) is 5.91 Å². The summed E-state index contributed by atoms with van der Waals surface area (Å²) < 4.78 is 84.4. The molecular weight excluding hydrogens is 719 g/mol. The highest BCUT2D eigenvalue weighted by atomic mass is 32.2. The Morgan fingerprint density at radius 2 is 1.85 bits per heavy atom. The molecular formula is C36H48F3N5O8S. The smallest absolute Gasteiger partial charge is 0.309 e. The molecule has 1 aromatic rings. The van der Waals surface area contributed by atoms with Crippen LogP contribution >= 0.6 is 0 Å². The monoisotopic (exact) mass is 767 g/mol. The van der Waals surface area contributed by atoms with Crippen LogP contribution in [0.3, 0.4) is 0 Å². The van der Waals surface area contributed by atoms with Gasteiger partial charge < -0.3 is 25.0 Å². The summed E-state index contributed by atoms with van der Waals surface area (Å²) in [5.74, 6) is -8.43. The van der Waals surface area contributed by atoms with E-state index in [0.717, 1.165) is 9.21 Å². The van der Waals surface area contributed by atoms with E-state index in [0.29, 0.717) is 11.1 Å². The molecule has 292 valence electrons. The second-order valence-electron chi connectivity index (χ2n) is 15.5. The van der Waals surface area contributed by atoms with Gasteiger partial charge in [0, 0.05) is 39.3 Å². The number of alkyl halides is 2. The van der Waals surface area contributed by atoms with Gasteiger partial charge >= 0.3 is 16.2 Å². The first kappa shape index (κ1) is 40.1. The van der Waals surface area contributed by atoms with E-state index in [1.165, 1.54) is 32.3 Å². The van der Waals surface area contributed by atoms with Crippen LogP contribution in [-0.2, 0) is 51.7 Å². The minimum Gasteiger partial charge on any atom is -0.474 e. The number of carbonyl (C=O) groups excluding carboxylic acids is 4. The SMILES string of the molecule is C=C(N[C@H]1CCC(F)(F)CC/C=C\[C@@H]2C[C@@]2(C(=O)NS(=O)(=O)N(C)C)NC(=O)[C@@H]2C[C@@H](OC(=O)C3Cc4cccc(F)c4C3)CN2C1=O)OC(C)(C)C. The van der Waals surface area contributed by atoms with Gasteiger partial charge in [0.2, 0.25) is 17.7 Å². The van der Waals surface area contributed by atoms with Crippen molar-refractivity contribution in [2.24, 2.45) is 11.8 Å². The Kier molecular flexibility index (Phi) is 11.3. The van der Waals surface area contributed by atoms with E-state index in [2.05, 4.69) is 17.2 Å². The van der Waals surface area contributed by atoms with Crippen molar-refractivity contribution in [1.82, 2.24) is 24.6 Å². The van der Waals surface area contributed by atoms with Crippen LogP contribution in [0.1, 0.15) is 70.4 Å². The van der Waals surface area contributed by atoms with E-state index >= 15 is 8.78 Å². The zero-order valence-corrected chi connectivity index (χ0v) is 31.4. The van der Waals surface area contributed by atoms with Crippen molar-refractivity contribution in [2.75, 3.05) is 20.6 Å². The lowest BCUT2D eigenvalue weighted by molar-refractivity contribution is -0.153. The van der Waals surface area contributed by atoms with Crippen molar-refractivity contribution in [2.45, 2.75) is 107 Å². The molecule has 1 saturated carbocycles. The number of nitrogens with one attached hydrogen (secondary N) is 3. The van der Waals surface area contributed by atoms with Gasteiger partial charge in [-0.25, -0.2) is 17.9 Å². The molecule has 0 aromatic heterocycles. The fourth-order valence-electron chi connectivity index (χ4n) is 7.08. The third-order valence-corrected chi connectivity index (χ3v) is 11.4. The number of amides is 3. The van der Waals surface area contributed by atoms with Crippen LogP contribution in [0.5, 0.6) is 0 Å². The van der Waals surface area contributed by atoms with Gasteiger partial charge in [0.1, 0.15) is 35.1 Å². The van der Waals surface area contributed by atoms with Gasteiger partial charge in [0.05, 0.1) is 12.5 Å². The Balaban J connectivity index is 1.45. The molecule has 2 heterocycles. The number of allylic oxidation sites excluding steroid dienone is 1. The zero-order chi connectivity index (χ0) is 39.1. The first-order chi connectivity index (χ1) is 24.6. The molecule has 2 aliphatic heterocycles. The van der Waals surface area contributed by atoms with E-state index in [1.807, 2.05) is 4.72 Å². The average molecular weight is 768 g/mol. The average Bonchev–Trinajstić information content (AvgIpc) is 3.35. The summed E-state index contributed by atoms with van der Waals surface area (Å²) in [4.78, 5) is 56.6. The molecule has 53 heavy (non-hydrogen) atoms. The number of benzene rings is 1. The second-order valence-corrected chi connectivity index (χ2v) is 17.4. The van der Waals surface area contributed by atoms with Crippen LogP contribution in [0.25, 0.3) is 0 Å². The molecule has 1 saturated heterocycles. The van der Waals surface area contributed by atoms with E-state index in [4.69, 9.17) is 9.47 Å². The maximum absolute atomic E-state index is 15.2. The molecule has 0 spiro atoms. The molecule has 2 fully saturated rings. The lowest BCUT2D eigenvalue weighted by atomic mass is 10.0. The largest absolute Gasteiger partial charge is 0.474 e. The third-order valence-electron chi connectivity index (χ3n) is 9.97. The van der Waals surface area contributed by atoms with E-state index in [-0.39, 0.29) is 51.0 Å². The molecule has 13 nitrogen and oxygen atoms in total. The molecule has 1 aromatic carbocycles. The van der Waals surface area contributed by atoms with Crippen LogP contribution in [0.2, 0.25) is 0 Å². The standard InChI is InChI=1S/C36H48F3N5O8S/c1-21(52-34(2,3)4)40-28-13-15-35(38,39)14-8-7-11-24-19-36(24,33(48)42-53(49,50)43(5)6)41-30(45)29-18-25(20-44(29)31(28)46)51-32(47)23-16-22-10-9-12-27(37)26(22)17-23/h7,9-12,23-25,28-29,40H,1,8,13-20H2,2-6H3,(H,41,45)(H,42,48)/b11-7-/t23?,24-,25-,28+,29+,36-/m1/s1. The van der Waals surface area contributed by atoms with Gasteiger partial charge in [-0.05, 0) is 76.6 Å². The van der Waals surface area contributed by atoms with Crippen LogP contribution in [-0.4, -0.2) is 97.2 Å². The van der Waals surface area contributed by atoms with Gasteiger partial charge in [-0.15, -0.1) is 0 Å². The van der Waals surface area contributed by atoms with Crippen molar-refractivity contribution >= 4 is 33.9 Å². The summed E-state index contributed by atoms with van der Waals surface area (Å²) >= 11 is 0. The minimum absolute atomic E-state index is 0.0353. The molecule has 5 rings (SSSR count). The Morgan fingerprint density at radius 1 is 1.13 bits per heavy atom. The molecule has 6 atom stereocenters. The molecule has 4 aliphatic rings. The van der Waals surface area contributed by atoms with Crippen LogP contribution in [0.15, 0.2) is 42.8 Å². The van der Waals surface area contributed by atoms with Crippen molar-refractivity contribution in [1.29, 1.82) is 0 Å². The third kappa shape index (κ3) is 9.34. The van der Waals surface area contributed by atoms with Crippen LogP contribution in [0, 0.1) is 17.7 Å². The number of esters is 1. The van der Waals surface area contributed by atoms with Gasteiger partial charge in [-0.2, -0.15) is 12.7 Å². The van der Waals surface area contributed by atoms with Crippen molar-refractivity contribution in [3.63, 3.8) is 0 Å². The molecule has 1 unspecified atom stereocenters. The van der Waals surface area contributed by atoms with Crippen LogP contribution < -0.4 is 15.4 Å². The van der Waals surface area contributed by atoms with E-state index < -0.39 is 99.6 Å². The first-order valence-corrected chi connectivity index (χ1v) is 19.1. The fraction of sp³-hybridized carbons (Fsp3) is 0.611. The molecule has 2 aliphatic carbocycles. The number of fused-ring (bicyclic) bond motifs is 3. The molecule has 3 N–H and O–H groups in total. The van der Waals surface area contributed by atoms with Crippen molar-refractivity contribution in [3.05, 3.63) is 59.8 Å². The Bertz CT molecular complexity index is 1780. The number of nitrogens with zero attached hydrogens (tertiary/aromatic N) is 2. The van der Waals surface area contributed by atoms with Gasteiger partial charge in [0.15, 0.2) is 5.88 Å². The van der Waals surface area contributed by atoms with Gasteiger partial charge in [-0.3, -0.25) is 19.2 Å². The molecule has 17 heteroatoms.